The molecule has 0 bridgehead atoms. The number of thiophene rings is 1. The Balaban J connectivity index is 2.26. The van der Waals surface area contributed by atoms with Gasteiger partial charge in [-0.15, -0.1) is 11.3 Å². The van der Waals surface area contributed by atoms with Crippen molar-refractivity contribution in [3.8, 4) is 0 Å². The van der Waals surface area contributed by atoms with Crippen LogP contribution in [-0.2, 0) is 19.9 Å². The van der Waals surface area contributed by atoms with Gasteiger partial charge in [-0.25, -0.2) is 0 Å². The van der Waals surface area contributed by atoms with E-state index in [0.717, 1.165) is 23.0 Å². The maximum absolute atomic E-state index is 5.71. The van der Waals surface area contributed by atoms with Gasteiger partial charge in [-0.05, 0) is 41.4 Å². The molecule has 0 radical (unpaired) electrons. The van der Waals surface area contributed by atoms with E-state index in [9.17, 15) is 0 Å². The summed E-state index contributed by atoms with van der Waals surface area (Å²) in [4.78, 5) is 2.56. The fraction of sp³-hybridized carbons (Fsp3) is 0.462. The first-order valence-electron chi connectivity index (χ1n) is 6.29. The molecular weight excluding hydrogens is 324 g/mol. The van der Waals surface area contributed by atoms with Crippen LogP contribution in [-0.4, -0.2) is 9.78 Å². The van der Waals surface area contributed by atoms with Crippen LogP contribution < -0.4 is 11.3 Å². The van der Waals surface area contributed by atoms with Crippen molar-refractivity contribution in [2.45, 2.75) is 32.7 Å². The van der Waals surface area contributed by atoms with Gasteiger partial charge >= 0.3 is 0 Å². The SMILES string of the molecule is CCc1nn(C)c(CC(NN)c2ccc(C)s2)c1Br. The molecule has 0 saturated heterocycles. The third-order valence-corrected chi connectivity index (χ3v) is 5.24. The van der Waals surface area contributed by atoms with Crippen LogP contribution in [0.5, 0.6) is 0 Å². The first kappa shape index (κ1) is 14.7. The number of hydrazine groups is 1. The van der Waals surface area contributed by atoms with Crippen molar-refractivity contribution >= 4 is 27.3 Å². The molecule has 4 nitrogen and oxygen atoms in total. The molecule has 0 fully saturated rings. The van der Waals surface area contributed by atoms with E-state index in [1.807, 2.05) is 11.7 Å². The highest BCUT2D eigenvalue weighted by Gasteiger charge is 2.19. The summed E-state index contributed by atoms with van der Waals surface area (Å²) < 4.78 is 3.04. The third-order valence-electron chi connectivity index (χ3n) is 3.21. The van der Waals surface area contributed by atoms with Crippen molar-refractivity contribution in [3.05, 3.63) is 37.7 Å². The van der Waals surface area contributed by atoms with E-state index < -0.39 is 0 Å². The number of rotatable bonds is 5. The molecule has 0 spiro atoms. The van der Waals surface area contributed by atoms with Crippen LogP contribution in [0.1, 0.15) is 34.1 Å². The van der Waals surface area contributed by atoms with Gasteiger partial charge in [-0.1, -0.05) is 6.92 Å². The Bertz CT molecular complexity index is 561. The van der Waals surface area contributed by atoms with Crippen LogP contribution in [0.4, 0.5) is 0 Å². The van der Waals surface area contributed by atoms with E-state index in [1.165, 1.54) is 15.4 Å². The van der Waals surface area contributed by atoms with Crippen LogP contribution in [0.25, 0.3) is 0 Å². The van der Waals surface area contributed by atoms with E-state index >= 15 is 0 Å². The molecule has 0 aliphatic heterocycles. The van der Waals surface area contributed by atoms with Gasteiger partial charge < -0.3 is 0 Å². The molecule has 0 saturated carbocycles. The summed E-state index contributed by atoms with van der Waals surface area (Å²) in [5.74, 6) is 5.71. The highest BCUT2D eigenvalue weighted by atomic mass is 79.9. The number of nitrogens with two attached hydrogens (primary N) is 1. The standard InChI is InChI=1S/C13H19BrN4S/c1-4-9-13(14)11(18(3)17-9)7-10(16-15)12-6-5-8(2)19-12/h5-6,10,16H,4,7,15H2,1-3H3. The van der Waals surface area contributed by atoms with Crippen LogP contribution in [0.3, 0.4) is 0 Å². The minimum absolute atomic E-state index is 0.120. The molecule has 3 N–H and O–H groups in total. The second kappa shape index (κ2) is 6.17. The molecule has 6 heteroatoms. The molecule has 1 unspecified atom stereocenters. The molecule has 1 atom stereocenters. The Hall–Kier alpha value is -0.690. The van der Waals surface area contributed by atoms with E-state index in [4.69, 9.17) is 5.84 Å². The van der Waals surface area contributed by atoms with E-state index in [0.29, 0.717) is 0 Å². The minimum atomic E-state index is 0.120. The van der Waals surface area contributed by atoms with Gasteiger partial charge in [0, 0.05) is 23.2 Å². The Kier molecular flexibility index (Phi) is 4.78. The summed E-state index contributed by atoms with van der Waals surface area (Å²) in [6.07, 6.45) is 1.74. The average Bonchev–Trinajstić information content (AvgIpc) is 2.92. The molecule has 0 aliphatic rings. The second-order valence-corrected chi connectivity index (χ2v) is 6.67. The molecule has 0 aliphatic carbocycles. The predicted octanol–water partition coefficient (Wildman–Crippen LogP) is 2.86. The second-order valence-electron chi connectivity index (χ2n) is 4.56. The summed E-state index contributed by atoms with van der Waals surface area (Å²) in [6.45, 7) is 4.22. The monoisotopic (exact) mass is 342 g/mol. The summed E-state index contributed by atoms with van der Waals surface area (Å²) in [5.41, 5.74) is 5.18. The molecule has 0 aromatic carbocycles. The van der Waals surface area contributed by atoms with Gasteiger partial charge in [-0.2, -0.15) is 5.10 Å². The highest BCUT2D eigenvalue weighted by molar-refractivity contribution is 9.10. The van der Waals surface area contributed by atoms with Gasteiger partial charge in [0.25, 0.3) is 0 Å². The van der Waals surface area contributed by atoms with Gasteiger partial charge in [-0.3, -0.25) is 16.0 Å². The normalized spacial score (nSPS) is 12.9. The van der Waals surface area contributed by atoms with Crippen molar-refractivity contribution in [1.82, 2.24) is 15.2 Å². The lowest BCUT2D eigenvalue weighted by molar-refractivity contribution is 0.536. The Morgan fingerprint density at radius 1 is 1.53 bits per heavy atom. The largest absolute Gasteiger partial charge is 0.271 e. The molecule has 2 heterocycles. The van der Waals surface area contributed by atoms with Crippen LogP contribution in [0.2, 0.25) is 0 Å². The maximum Gasteiger partial charge on any atom is 0.0766 e. The third kappa shape index (κ3) is 3.08. The van der Waals surface area contributed by atoms with Crippen molar-refractivity contribution < 1.29 is 0 Å². The van der Waals surface area contributed by atoms with Gasteiger partial charge in [0.2, 0.25) is 0 Å². The van der Waals surface area contributed by atoms with Crippen molar-refractivity contribution in [1.29, 1.82) is 0 Å². The number of aryl methyl sites for hydroxylation is 3. The molecular formula is C13H19BrN4S. The number of aromatic nitrogens is 2. The summed E-state index contributed by atoms with van der Waals surface area (Å²) in [7, 11) is 1.98. The fourth-order valence-electron chi connectivity index (χ4n) is 2.12. The van der Waals surface area contributed by atoms with Gasteiger partial charge in [0.15, 0.2) is 0 Å². The first-order valence-corrected chi connectivity index (χ1v) is 7.90. The quantitative estimate of drug-likeness (QED) is 0.648. The van der Waals surface area contributed by atoms with Gasteiger partial charge in [0.05, 0.1) is 21.9 Å². The lowest BCUT2D eigenvalue weighted by Crippen LogP contribution is -2.29. The van der Waals surface area contributed by atoms with Crippen LogP contribution in [0, 0.1) is 6.92 Å². The zero-order chi connectivity index (χ0) is 14.0. The topological polar surface area (TPSA) is 55.9 Å². The Labute approximate surface area is 126 Å². The molecule has 104 valence electrons. The molecule has 19 heavy (non-hydrogen) atoms. The Morgan fingerprint density at radius 3 is 2.74 bits per heavy atom. The molecule has 2 aromatic rings. The molecule has 0 amide bonds. The minimum Gasteiger partial charge on any atom is -0.271 e. The van der Waals surface area contributed by atoms with E-state index in [1.54, 1.807) is 11.3 Å². The smallest absolute Gasteiger partial charge is 0.0766 e. The van der Waals surface area contributed by atoms with Crippen molar-refractivity contribution in [2.75, 3.05) is 0 Å². The van der Waals surface area contributed by atoms with Crippen molar-refractivity contribution in [2.24, 2.45) is 12.9 Å². The molecule has 2 aromatic heterocycles. The summed E-state index contributed by atoms with van der Waals surface area (Å²) in [5, 5.41) is 4.52. The Morgan fingerprint density at radius 2 is 2.26 bits per heavy atom. The average molecular weight is 343 g/mol. The molecule has 2 rings (SSSR count). The maximum atomic E-state index is 5.71. The van der Waals surface area contributed by atoms with E-state index in [-0.39, 0.29) is 6.04 Å². The fourth-order valence-corrected chi connectivity index (χ4v) is 3.83. The van der Waals surface area contributed by atoms with Crippen LogP contribution >= 0.6 is 27.3 Å². The zero-order valence-corrected chi connectivity index (χ0v) is 13.8. The van der Waals surface area contributed by atoms with E-state index in [2.05, 4.69) is 52.4 Å². The lowest BCUT2D eigenvalue weighted by atomic mass is 10.1. The zero-order valence-electron chi connectivity index (χ0n) is 11.4. The van der Waals surface area contributed by atoms with Crippen LogP contribution in [0.15, 0.2) is 16.6 Å². The summed E-state index contributed by atoms with van der Waals surface area (Å²) >= 11 is 5.43. The number of hydrogen-bond acceptors (Lipinski definition) is 4. The highest BCUT2D eigenvalue weighted by Crippen LogP contribution is 2.29. The predicted molar refractivity (Wildman–Crippen MR) is 83.1 cm³/mol. The summed E-state index contributed by atoms with van der Waals surface area (Å²) in [6, 6.07) is 4.38. The first-order chi connectivity index (χ1) is 9.06. The number of halogens is 1. The number of nitrogens with one attached hydrogen (secondary N) is 1. The number of hydrogen-bond donors (Lipinski definition) is 2. The van der Waals surface area contributed by atoms with Gasteiger partial charge in [0.1, 0.15) is 0 Å². The van der Waals surface area contributed by atoms with Crippen molar-refractivity contribution in [3.63, 3.8) is 0 Å². The lowest BCUT2D eigenvalue weighted by Gasteiger charge is -2.14. The number of nitrogens with zero attached hydrogens (tertiary/aromatic N) is 2.